The molecule has 23 heavy (non-hydrogen) atoms. The third kappa shape index (κ3) is 2.88. The van der Waals surface area contributed by atoms with Gasteiger partial charge in [0.05, 0.1) is 30.4 Å². The van der Waals surface area contributed by atoms with Gasteiger partial charge in [-0.05, 0) is 18.6 Å². The van der Waals surface area contributed by atoms with Crippen molar-refractivity contribution in [2.24, 2.45) is 0 Å². The first-order valence-corrected chi connectivity index (χ1v) is 7.69. The largest absolute Gasteiger partial charge is 0.392 e. The van der Waals surface area contributed by atoms with Gasteiger partial charge in [-0.15, -0.1) is 0 Å². The molecule has 2 atom stereocenters. The molecule has 0 spiro atoms. The molecule has 0 bridgehead atoms. The van der Waals surface area contributed by atoms with E-state index in [-0.39, 0.29) is 12.1 Å². The highest BCUT2D eigenvalue weighted by Gasteiger charge is 2.20. The van der Waals surface area contributed by atoms with Crippen LogP contribution >= 0.6 is 0 Å². The van der Waals surface area contributed by atoms with E-state index in [1.807, 2.05) is 28.8 Å². The van der Waals surface area contributed by atoms with Crippen molar-refractivity contribution < 1.29 is 5.11 Å². The van der Waals surface area contributed by atoms with E-state index < -0.39 is 0 Å². The summed E-state index contributed by atoms with van der Waals surface area (Å²) in [6.45, 7) is 1.45. The van der Waals surface area contributed by atoms with Crippen molar-refractivity contribution in [1.82, 2.24) is 24.7 Å². The van der Waals surface area contributed by atoms with Crippen LogP contribution in [0.2, 0.25) is 0 Å². The molecular formula is C16H18N6O. The van der Waals surface area contributed by atoms with E-state index in [1.165, 1.54) is 0 Å². The maximum Gasteiger partial charge on any atom is 0.145 e. The molecule has 4 heterocycles. The van der Waals surface area contributed by atoms with Gasteiger partial charge in [-0.3, -0.25) is 9.38 Å². The number of hydrogen-bond donors (Lipinski definition) is 3. The van der Waals surface area contributed by atoms with Gasteiger partial charge in [0.1, 0.15) is 17.2 Å². The number of fused-ring (bicyclic) bond motifs is 1. The molecule has 0 aromatic carbocycles. The summed E-state index contributed by atoms with van der Waals surface area (Å²) in [7, 11) is 0. The second-order valence-electron chi connectivity index (χ2n) is 5.75. The number of rotatable bonds is 3. The molecule has 2 unspecified atom stereocenters. The molecule has 3 aromatic rings. The number of piperidine rings is 1. The van der Waals surface area contributed by atoms with E-state index in [9.17, 15) is 5.11 Å². The van der Waals surface area contributed by atoms with Gasteiger partial charge in [0.2, 0.25) is 0 Å². The van der Waals surface area contributed by atoms with E-state index in [2.05, 4.69) is 25.6 Å². The fourth-order valence-corrected chi connectivity index (χ4v) is 2.92. The first-order chi connectivity index (χ1) is 11.3. The SMILES string of the molecule is OC1CNCC(Nc2cncc(-c3cnc4ccccn34)n2)C1. The van der Waals surface area contributed by atoms with Crippen molar-refractivity contribution in [3.63, 3.8) is 0 Å². The smallest absolute Gasteiger partial charge is 0.145 e. The van der Waals surface area contributed by atoms with E-state index in [4.69, 9.17) is 0 Å². The first kappa shape index (κ1) is 14.1. The van der Waals surface area contributed by atoms with Crippen LogP contribution in [0.5, 0.6) is 0 Å². The molecule has 1 aliphatic heterocycles. The molecule has 0 radical (unpaired) electrons. The van der Waals surface area contributed by atoms with Gasteiger partial charge in [-0.1, -0.05) is 6.07 Å². The monoisotopic (exact) mass is 310 g/mol. The van der Waals surface area contributed by atoms with Gasteiger partial charge in [0, 0.05) is 25.3 Å². The van der Waals surface area contributed by atoms with Crippen molar-refractivity contribution in [3.05, 3.63) is 43.0 Å². The van der Waals surface area contributed by atoms with E-state index >= 15 is 0 Å². The standard InChI is InChI=1S/C16H18N6O/c23-12-5-11(6-17-7-12)20-15-10-18-8-13(21-15)14-9-19-16-3-1-2-4-22(14)16/h1-4,8-12,17,23H,5-7H2,(H,20,21). The van der Waals surface area contributed by atoms with Gasteiger partial charge in [0.15, 0.2) is 0 Å². The Morgan fingerprint density at radius 2 is 2.17 bits per heavy atom. The molecule has 7 nitrogen and oxygen atoms in total. The average Bonchev–Trinajstić information content (AvgIpc) is 2.99. The fourth-order valence-electron chi connectivity index (χ4n) is 2.92. The van der Waals surface area contributed by atoms with Gasteiger partial charge < -0.3 is 15.7 Å². The molecule has 118 valence electrons. The molecule has 3 N–H and O–H groups in total. The zero-order valence-electron chi connectivity index (χ0n) is 12.6. The summed E-state index contributed by atoms with van der Waals surface area (Å²) in [6, 6.07) is 6.01. The van der Waals surface area contributed by atoms with Crippen molar-refractivity contribution in [2.45, 2.75) is 18.6 Å². The van der Waals surface area contributed by atoms with Crippen molar-refractivity contribution in [2.75, 3.05) is 18.4 Å². The molecule has 1 fully saturated rings. The summed E-state index contributed by atoms with van der Waals surface area (Å²) in [5, 5.41) is 16.3. The number of pyridine rings is 1. The molecule has 0 aliphatic carbocycles. The van der Waals surface area contributed by atoms with Crippen LogP contribution in [0.4, 0.5) is 5.82 Å². The normalized spacial score (nSPS) is 21.4. The minimum Gasteiger partial charge on any atom is -0.392 e. The van der Waals surface area contributed by atoms with Gasteiger partial charge in [0.25, 0.3) is 0 Å². The Morgan fingerprint density at radius 3 is 3.09 bits per heavy atom. The Morgan fingerprint density at radius 1 is 1.22 bits per heavy atom. The third-order valence-corrected chi connectivity index (χ3v) is 3.99. The molecular weight excluding hydrogens is 292 g/mol. The lowest BCUT2D eigenvalue weighted by molar-refractivity contribution is 0.136. The number of nitrogens with zero attached hydrogens (tertiary/aromatic N) is 4. The van der Waals surface area contributed by atoms with Crippen LogP contribution in [0.25, 0.3) is 17.0 Å². The van der Waals surface area contributed by atoms with Crippen molar-refractivity contribution in [3.8, 4) is 11.4 Å². The average molecular weight is 310 g/mol. The van der Waals surface area contributed by atoms with Crippen molar-refractivity contribution in [1.29, 1.82) is 0 Å². The van der Waals surface area contributed by atoms with Crippen LogP contribution < -0.4 is 10.6 Å². The highest BCUT2D eigenvalue weighted by Crippen LogP contribution is 2.20. The minimum atomic E-state index is -0.323. The topological polar surface area (TPSA) is 87.4 Å². The molecule has 3 aromatic heterocycles. The lowest BCUT2D eigenvalue weighted by Gasteiger charge is -2.27. The van der Waals surface area contributed by atoms with Crippen molar-refractivity contribution >= 4 is 11.5 Å². The molecule has 0 amide bonds. The van der Waals surface area contributed by atoms with Crippen LogP contribution in [-0.4, -0.2) is 49.7 Å². The van der Waals surface area contributed by atoms with Gasteiger partial charge >= 0.3 is 0 Å². The first-order valence-electron chi connectivity index (χ1n) is 7.69. The Kier molecular flexibility index (Phi) is 3.64. The summed E-state index contributed by atoms with van der Waals surface area (Å²) >= 11 is 0. The number of anilines is 1. The second-order valence-corrected chi connectivity index (χ2v) is 5.75. The maximum atomic E-state index is 9.73. The molecule has 1 aliphatic rings. The number of β-amino-alcohol motifs (C(OH)–C–C–N with tert-alkyl or cyclic N) is 1. The number of aliphatic hydroxyl groups is 1. The Labute approximate surface area is 133 Å². The molecule has 0 saturated carbocycles. The Hall–Kier alpha value is -2.51. The highest BCUT2D eigenvalue weighted by atomic mass is 16.3. The fraction of sp³-hybridized carbons (Fsp3) is 0.312. The summed E-state index contributed by atoms with van der Waals surface area (Å²) in [6.07, 6.45) is 7.57. The minimum absolute atomic E-state index is 0.144. The maximum absolute atomic E-state index is 9.73. The second kappa shape index (κ2) is 5.94. The highest BCUT2D eigenvalue weighted by molar-refractivity contribution is 5.60. The zero-order chi connectivity index (χ0) is 15.6. The molecule has 7 heteroatoms. The number of aliphatic hydroxyl groups excluding tert-OH is 1. The number of nitrogens with one attached hydrogen (secondary N) is 2. The summed E-state index contributed by atoms with van der Waals surface area (Å²) in [5.74, 6) is 0.703. The summed E-state index contributed by atoms with van der Waals surface area (Å²) in [4.78, 5) is 13.3. The molecule has 1 saturated heterocycles. The number of imidazole rings is 1. The van der Waals surface area contributed by atoms with Gasteiger partial charge in [-0.25, -0.2) is 9.97 Å². The van der Waals surface area contributed by atoms with E-state index in [0.717, 1.165) is 23.6 Å². The van der Waals surface area contributed by atoms with E-state index in [0.29, 0.717) is 18.8 Å². The third-order valence-electron chi connectivity index (χ3n) is 3.99. The predicted molar refractivity (Wildman–Crippen MR) is 87.1 cm³/mol. The predicted octanol–water partition coefficient (Wildman–Crippen LogP) is 0.926. The van der Waals surface area contributed by atoms with Gasteiger partial charge in [-0.2, -0.15) is 0 Å². The number of hydrogen-bond acceptors (Lipinski definition) is 6. The summed E-state index contributed by atoms with van der Waals surface area (Å²) in [5.41, 5.74) is 2.54. The lowest BCUT2D eigenvalue weighted by atomic mass is 10.1. The zero-order valence-corrected chi connectivity index (χ0v) is 12.6. The van der Waals surface area contributed by atoms with Crippen LogP contribution in [0, 0.1) is 0 Å². The quantitative estimate of drug-likeness (QED) is 0.667. The van der Waals surface area contributed by atoms with Crippen LogP contribution in [0.3, 0.4) is 0 Å². The van der Waals surface area contributed by atoms with E-state index in [1.54, 1.807) is 18.6 Å². The molecule has 4 rings (SSSR count). The Balaban J connectivity index is 1.61. The summed E-state index contributed by atoms with van der Waals surface area (Å²) < 4.78 is 1.99. The number of aromatic nitrogens is 4. The Bertz CT molecular complexity index is 817. The van der Waals surface area contributed by atoms with Crippen LogP contribution in [-0.2, 0) is 0 Å². The van der Waals surface area contributed by atoms with Crippen LogP contribution in [0.15, 0.2) is 43.0 Å². The van der Waals surface area contributed by atoms with Crippen LogP contribution in [0.1, 0.15) is 6.42 Å². The lowest BCUT2D eigenvalue weighted by Crippen LogP contribution is -2.45.